The molecule has 2 aliphatic rings. The smallest absolute Gasteiger partial charge is 0.217 e. The van der Waals surface area contributed by atoms with Gasteiger partial charge in [0.15, 0.2) is 0 Å². The van der Waals surface area contributed by atoms with Crippen LogP contribution in [0.25, 0.3) is 0 Å². The molecule has 1 saturated carbocycles. The number of nitrogens with zero attached hydrogens (tertiary/aromatic N) is 1. The fraction of sp³-hybridized carbons (Fsp3) is 0.611. The van der Waals surface area contributed by atoms with Crippen LogP contribution in [0.5, 0.6) is 0 Å². The molecule has 0 unspecified atom stereocenters. The van der Waals surface area contributed by atoms with Crippen LogP contribution in [0.15, 0.2) is 24.3 Å². The molecule has 7 heteroatoms. The van der Waals surface area contributed by atoms with Gasteiger partial charge in [-0.15, -0.1) is 0 Å². The number of sulfonamides is 1. The Labute approximate surface area is 149 Å². The summed E-state index contributed by atoms with van der Waals surface area (Å²) in [6.45, 7) is 5.66. The van der Waals surface area contributed by atoms with Gasteiger partial charge in [0.1, 0.15) is 11.1 Å². The molecule has 0 spiro atoms. The van der Waals surface area contributed by atoms with E-state index in [1.165, 1.54) is 0 Å². The number of hydrogen-bond donors (Lipinski definition) is 2. The highest BCUT2D eigenvalue weighted by atomic mass is 32.2. The van der Waals surface area contributed by atoms with Crippen molar-refractivity contribution in [2.45, 2.75) is 55.9 Å². The topological polar surface area (TPSA) is 91.2 Å². The number of nitriles is 1. The van der Waals surface area contributed by atoms with Gasteiger partial charge in [0, 0.05) is 5.69 Å². The van der Waals surface area contributed by atoms with E-state index in [0.29, 0.717) is 13.2 Å². The minimum atomic E-state index is -3.49. The number of hydrogen-bond acceptors (Lipinski definition) is 5. The first kappa shape index (κ1) is 18.2. The maximum atomic E-state index is 12.6. The SMILES string of the molecule is CC(C)(C)S(=O)(=O)NC1(c2ccc(NC3(C#N)CCC3)cc2)COC1. The van der Waals surface area contributed by atoms with Crippen LogP contribution in [0.4, 0.5) is 5.69 Å². The standard InChI is InChI=1S/C18H25N3O3S/c1-16(2,3)25(22,23)21-18(12-24-13-18)14-5-7-15(8-6-14)20-17(11-19)9-4-10-17/h5-8,20-21H,4,9-10,12-13H2,1-3H3. The lowest BCUT2D eigenvalue weighted by Crippen LogP contribution is -2.61. The molecule has 0 atom stereocenters. The zero-order valence-electron chi connectivity index (χ0n) is 14.9. The number of benzene rings is 1. The summed E-state index contributed by atoms with van der Waals surface area (Å²) in [6, 6.07) is 9.96. The lowest BCUT2D eigenvalue weighted by atomic mass is 9.78. The molecular formula is C18H25N3O3S. The van der Waals surface area contributed by atoms with Crippen molar-refractivity contribution in [3.8, 4) is 6.07 Å². The van der Waals surface area contributed by atoms with E-state index in [1.54, 1.807) is 20.8 Å². The van der Waals surface area contributed by atoms with E-state index in [4.69, 9.17) is 4.74 Å². The highest BCUT2D eigenvalue weighted by Gasteiger charge is 2.46. The first-order valence-electron chi connectivity index (χ1n) is 8.53. The van der Waals surface area contributed by atoms with Gasteiger partial charge in [0.2, 0.25) is 10.0 Å². The van der Waals surface area contributed by atoms with Crippen molar-refractivity contribution in [2.24, 2.45) is 0 Å². The van der Waals surface area contributed by atoms with Crippen molar-refractivity contribution in [3.63, 3.8) is 0 Å². The second-order valence-electron chi connectivity index (χ2n) is 8.04. The lowest BCUT2D eigenvalue weighted by Gasteiger charge is -2.43. The summed E-state index contributed by atoms with van der Waals surface area (Å²) in [5.41, 5.74) is 0.580. The van der Waals surface area contributed by atoms with E-state index in [2.05, 4.69) is 16.1 Å². The molecule has 1 aromatic rings. The van der Waals surface area contributed by atoms with Gasteiger partial charge in [-0.25, -0.2) is 8.42 Å². The molecule has 1 aliphatic heterocycles. The Hall–Kier alpha value is -1.62. The van der Waals surface area contributed by atoms with Gasteiger partial charge in [0.05, 0.1) is 24.0 Å². The highest BCUT2D eigenvalue weighted by Crippen LogP contribution is 2.36. The summed E-state index contributed by atoms with van der Waals surface area (Å²) >= 11 is 0. The maximum Gasteiger partial charge on any atom is 0.217 e. The predicted molar refractivity (Wildman–Crippen MR) is 96.6 cm³/mol. The summed E-state index contributed by atoms with van der Waals surface area (Å²) in [5.74, 6) is 0. The van der Waals surface area contributed by atoms with Gasteiger partial charge in [0.25, 0.3) is 0 Å². The summed E-state index contributed by atoms with van der Waals surface area (Å²) in [5, 5.41) is 12.6. The van der Waals surface area contributed by atoms with E-state index in [9.17, 15) is 13.7 Å². The summed E-state index contributed by atoms with van der Waals surface area (Å²) < 4.78 is 32.4. The highest BCUT2D eigenvalue weighted by molar-refractivity contribution is 7.90. The summed E-state index contributed by atoms with van der Waals surface area (Å²) in [6.07, 6.45) is 2.77. The van der Waals surface area contributed by atoms with E-state index >= 15 is 0 Å². The van der Waals surface area contributed by atoms with Crippen molar-refractivity contribution < 1.29 is 13.2 Å². The first-order valence-corrected chi connectivity index (χ1v) is 10.0. The molecule has 1 saturated heterocycles. The molecule has 1 aromatic carbocycles. The minimum Gasteiger partial charge on any atom is -0.377 e. The largest absolute Gasteiger partial charge is 0.377 e. The Morgan fingerprint density at radius 2 is 1.76 bits per heavy atom. The van der Waals surface area contributed by atoms with Crippen LogP contribution >= 0.6 is 0 Å². The van der Waals surface area contributed by atoms with Crippen LogP contribution in [-0.2, 0) is 20.3 Å². The van der Waals surface area contributed by atoms with Crippen molar-refractivity contribution in [1.82, 2.24) is 4.72 Å². The normalized spacial score (nSPS) is 21.5. The Bertz CT molecular complexity index is 780. The molecule has 3 rings (SSSR count). The molecule has 25 heavy (non-hydrogen) atoms. The zero-order valence-corrected chi connectivity index (χ0v) is 15.7. The average Bonchev–Trinajstić information content (AvgIpc) is 2.46. The number of ether oxygens (including phenoxy) is 1. The van der Waals surface area contributed by atoms with Crippen molar-refractivity contribution in [1.29, 1.82) is 5.26 Å². The predicted octanol–water partition coefficient (Wildman–Crippen LogP) is 2.49. The van der Waals surface area contributed by atoms with Crippen LogP contribution in [0.1, 0.15) is 45.6 Å². The Morgan fingerprint density at radius 3 is 2.12 bits per heavy atom. The van der Waals surface area contributed by atoms with Gasteiger partial charge in [-0.2, -0.15) is 9.98 Å². The number of nitrogens with one attached hydrogen (secondary N) is 2. The van der Waals surface area contributed by atoms with Gasteiger partial charge in [-0.3, -0.25) is 0 Å². The fourth-order valence-electron chi connectivity index (χ4n) is 2.94. The zero-order chi connectivity index (χ0) is 18.3. The molecule has 0 aromatic heterocycles. The molecule has 6 nitrogen and oxygen atoms in total. The van der Waals surface area contributed by atoms with Gasteiger partial charge in [-0.1, -0.05) is 12.1 Å². The quantitative estimate of drug-likeness (QED) is 0.839. The van der Waals surface area contributed by atoms with Crippen LogP contribution in [0.3, 0.4) is 0 Å². The van der Waals surface area contributed by atoms with Gasteiger partial charge >= 0.3 is 0 Å². The van der Waals surface area contributed by atoms with Gasteiger partial charge < -0.3 is 10.1 Å². The van der Waals surface area contributed by atoms with E-state index < -0.39 is 25.8 Å². The molecule has 2 N–H and O–H groups in total. The maximum absolute atomic E-state index is 12.6. The van der Waals surface area contributed by atoms with Crippen molar-refractivity contribution >= 4 is 15.7 Å². The fourth-order valence-corrected chi connectivity index (χ4v) is 4.00. The molecule has 1 heterocycles. The Kier molecular flexibility index (Phi) is 4.34. The van der Waals surface area contributed by atoms with E-state index in [-0.39, 0.29) is 0 Å². The Balaban J connectivity index is 1.79. The van der Waals surface area contributed by atoms with Crippen LogP contribution < -0.4 is 10.0 Å². The van der Waals surface area contributed by atoms with Crippen LogP contribution in [-0.4, -0.2) is 31.9 Å². The molecule has 1 aliphatic carbocycles. The van der Waals surface area contributed by atoms with Gasteiger partial charge in [-0.05, 0) is 57.7 Å². The summed E-state index contributed by atoms with van der Waals surface area (Å²) in [4.78, 5) is 0. The third-order valence-electron chi connectivity index (χ3n) is 5.08. The number of rotatable bonds is 5. The molecular weight excluding hydrogens is 338 g/mol. The Morgan fingerprint density at radius 1 is 1.16 bits per heavy atom. The van der Waals surface area contributed by atoms with E-state index in [0.717, 1.165) is 30.5 Å². The molecule has 136 valence electrons. The third-order valence-corrected chi connectivity index (χ3v) is 7.35. The summed E-state index contributed by atoms with van der Waals surface area (Å²) in [7, 11) is -3.49. The number of anilines is 1. The molecule has 0 amide bonds. The minimum absolute atomic E-state index is 0.317. The van der Waals surface area contributed by atoms with Crippen LogP contribution in [0, 0.1) is 11.3 Å². The molecule has 0 radical (unpaired) electrons. The second-order valence-corrected chi connectivity index (χ2v) is 10.5. The molecule has 0 bridgehead atoms. The lowest BCUT2D eigenvalue weighted by molar-refractivity contribution is -0.0666. The third kappa shape index (κ3) is 3.26. The van der Waals surface area contributed by atoms with Crippen molar-refractivity contribution in [2.75, 3.05) is 18.5 Å². The van der Waals surface area contributed by atoms with Crippen LogP contribution in [0.2, 0.25) is 0 Å². The monoisotopic (exact) mass is 363 g/mol. The second kappa shape index (κ2) is 5.97. The van der Waals surface area contributed by atoms with E-state index in [1.807, 2.05) is 24.3 Å². The molecule has 2 fully saturated rings. The van der Waals surface area contributed by atoms with Crippen molar-refractivity contribution in [3.05, 3.63) is 29.8 Å². The first-order chi connectivity index (χ1) is 11.6. The average molecular weight is 363 g/mol.